The standard InChI is InChI=1S/C13H14N2O3/c1-17-11-4-3-10(7-12(11)18-2)15-13(16)9-5-6-14-8-9/h3-8,14H,1-2H3,(H,15,16). The van der Waals surface area contributed by atoms with Gasteiger partial charge in [0.25, 0.3) is 5.91 Å². The Labute approximate surface area is 105 Å². The predicted octanol–water partition coefficient (Wildman–Crippen LogP) is 2.28. The molecule has 2 aromatic rings. The fourth-order valence-electron chi connectivity index (χ4n) is 1.58. The highest BCUT2D eigenvalue weighted by molar-refractivity contribution is 6.04. The van der Waals surface area contributed by atoms with Crippen molar-refractivity contribution < 1.29 is 14.3 Å². The number of H-pyrrole nitrogens is 1. The molecule has 1 aromatic heterocycles. The average molecular weight is 246 g/mol. The molecule has 1 amide bonds. The number of carbonyl (C=O) groups is 1. The van der Waals surface area contributed by atoms with Crippen LogP contribution in [-0.4, -0.2) is 25.1 Å². The Morgan fingerprint density at radius 3 is 2.56 bits per heavy atom. The second kappa shape index (κ2) is 5.27. The summed E-state index contributed by atoms with van der Waals surface area (Å²) in [7, 11) is 3.12. The van der Waals surface area contributed by atoms with Gasteiger partial charge in [0, 0.05) is 24.1 Å². The van der Waals surface area contributed by atoms with Crippen molar-refractivity contribution in [2.75, 3.05) is 19.5 Å². The van der Waals surface area contributed by atoms with Crippen LogP contribution in [0.4, 0.5) is 5.69 Å². The molecule has 5 nitrogen and oxygen atoms in total. The lowest BCUT2D eigenvalue weighted by atomic mass is 10.2. The van der Waals surface area contributed by atoms with Crippen LogP contribution >= 0.6 is 0 Å². The van der Waals surface area contributed by atoms with E-state index in [0.29, 0.717) is 22.7 Å². The molecule has 1 heterocycles. The summed E-state index contributed by atoms with van der Waals surface area (Å²) in [5.74, 6) is 1.02. The zero-order valence-corrected chi connectivity index (χ0v) is 10.2. The lowest BCUT2D eigenvalue weighted by Crippen LogP contribution is -2.10. The number of rotatable bonds is 4. The summed E-state index contributed by atoms with van der Waals surface area (Å²) < 4.78 is 10.3. The maximum Gasteiger partial charge on any atom is 0.257 e. The lowest BCUT2D eigenvalue weighted by Gasteiger charge is -2.10. The van der Waals surface area contributed by atoms with Crippen LogP contribution in [0, 0.1) is 0 Å². The van der Waals surface area contributed by atoms with Gasteiger partial charge in [-0.2, -0.15) is 0 Å². The highest BCUT2D eigenvalue weighted by Gasteiger charge is 2.09. The second-order valence-corrected chi connectivity index (χ2v) is 3.62. The number of hydrogen-bond donors (Lipinski definition) is 2. The molecule has 18 heavy (non-hydrogen) atoms. The Morgan fingerprint density at radius 1 is 1.17 bits per heavy atom. The van der Waals surface area contributed by atoms with Crippen molar-refractivity contribution in [3.63, 3.8) is 0 Å². The molecule has 0 aliphatic rings. The van der Waals surface area contributed by atoms with Gasteiger partial charge in [0.1, 0.15) is 0 Å². The second-order valence-electron chi connectivity index (χ2n) is 3.62. The van der Waals surface area contributed by atoms with E-state index in [1.54, 1.807) is 50.9 Å². The van der Waals surface area contributed by atoms with E-state index >= 15 is 0 Å². The van der Waals surface area contributed by atoms with Crippen LogP contribution in [0.2, 0.25) is 0 Å². The van der Waals surface area contributed by atoms with Gasteiger partial charge in [0.15, 0.2) is 11.5 Å². The molecule has 0 fully saturated rings. The molecule has 0 saturated heterocycles. The Kier molecular flexibility index (Phi) is 3.52. The Bertz CT molecular complexity index is 535. The first-order valence-electron chi connectivity index (χ1n) is 5.40. The third kappa shape index (κ3) is 2.45. The van der Waals surface area contributed by atoms with Crippen molar-refractivity contribution in [3.8, 4) is 11.5 Å². The quantitative estimate of drug-likeness (QED) is 0.870. The van der Waals surface area contributed by atoms with E-state index < -0.39 is 0 Å². The third-order valence-corrected chi connectivity index (χ3v) is 2.50. The smallest absolute Gasteiger partial charge is 0.257 e. The van der Waals surface area contributed by atoms with Crippen LogP contribution < -0.4 is 14.8 Å². The third-order valence-electron chi connectivity index (χ3n) is 2.50. The largest absolute Gasteiger partial charge is 0.493 e. The number of anilines is 1. The monoisotopic (exact) mass is 246 g/mol. The number of amides is 1. The van der Waals surface area contributed by atoms with Gasteiger partial charge in [0.05, 0.1) is 19.8 Å². The van der Waals surface area contributed by atoms with Crippen molar-refractivity contribution in [2.24, 2.45) is 0 Å². The molecule has 0 radical (unpaired) electrons. The van der Waals surface area contributed by atoms with Gasteiger partial charge < -0.3 is 19.8 Å². The molecule has 0 unspecified atom stereocenters. The molecule has 0 saturated carbocycles. The molecule has 0 bridgehead atoms. The number of carbonyl (C=O) groups excluding carboxylic acids is 1. The van der Waals surface area contributed by atoms with Crippen LogP contribution in [-0.2, 0) is 0 Å². The fourth-order valence-corrected chi connectivity index (χ4v) is 1.58. The molecule has 0 atom stereocenters. The number of nitrogens with one attached hydrogen (secondary N) is 2. The maximum atomic E-state index is 11.8. The Balaban J connectivity index is 2.17. The normalized spacial score (nSPS) is 9.89. The lowest BCUT2D eigenvalue weighted by molar-refractivity contribution is 0.102. The molecular weight excluding hydrogens is 232 g/mol. The summed E-state index contributed by atoms with van der Waals surface area (Å²) in [4.78, 5) is 14.7. The molecule has 2 N–H and O–H groups in total. The first-order valence-corrected chi connectivity index (χ1v) is 5.40. The number of methoxy groups -OCH3 is 2. The van der Waals surface area contributed by atoms with E-state index in [9.17, 15) is 4.79 Å². The first-order chi connectivity index (χ1) is 8.74. The van der Waals surface area contributed by atoms with Crippen LogP contribution in [0.15, 0.2) is 36.7 Å². The van der Waals surface area contributed by atoms with E-state index in [1.807, 2.05) is 0 Å². The molecule has 2 rings (SSSR count). The van der Waals surface area contributed by atoms with Crippen molar-refractivity contribution in [1.82, 2.24) is 4.98 Å². The minimum atomic E-state index is -0.177. The van der Waals surface area contributed by atoms with E-state index in [4.69, 9.17) is 9.47 Å². The van der Waals surface area contributed by atoms with Crippen molar-refractivity contribution >= 4 is 11.6 Å². The van der Waals surface area contributed by atoms with E-state index in [0.717, 1.165) is 0 Å². The van der Waals surface area contributed by atoms with Crippen molar-refractivity contribution in [3.05, 3.63) is 42.2 Å². The summed E-state index contributed by atoms with van der Waals surface area (Å²) in [5.41, 5.74) is 1.23. The van der Waals surface area contributed by atoms with Crippen LogP contribution in [0.25, 0.3) is 0 Å². The van der Waals surface area contributed by atoms with E-state index in [2.05, 4.69) is 10.3 Å². The van der Waals surface area contributed by atoms with E-state index in [1.165, 1.54) is 0 Å². The van der Waals surface area contributed by atoms with Crippen molar-refractivity contribution in [1.29, 1.82) is 0 Å². The Morgan fingerprint density at radius 2 is 1.94 bits per heavy atom. The molecule has 5 heteroatoms. The molecule has 94 valence electrons. The molecule has 0 spiro atoms. The van der Waals surface area contributed by atoms with Gasteiger partial charge in [0.2, 0.25) is 0 Å². The first kappa shape index (κ1) is 12.0. The summed E-state index contributed by atoms with van der Waals surface area (Å²) in [6.07, 6.45) is 3.33. The number of aromatic nitrogens is 1. The predicted molar refractivity (Wildman–Crippen MR) is 68.3 cm³/mol. The summed E-state index contributed by atoms with van der Waals surface area (Å²) >= 11 is 0. The topological polar surface area (TPSA) is 63.3 Å². The van der Waals surface area contributed by atoms with Gasteiger partial charge >= 0.3 is 0 Å². The van der Waals surface area contributed by atoms with Crippen LogP contribution in [0.5, 0.6) is 11.5 Å². The van der Waals surface area contributed by atoms with Crippen LogP contribution in [0.1, 0.15) is 10.4 Å². The highest BCUT2D eigenvalue weighted by Crippen LogP contribution is 2.29. The molecule has 0 aliphatic heterocycles. The number of benzene rings is 1. The SMILES string of the molecule is COc1ccc(NC(=O)c2cc[nH]c2)cc1OC. The molecule has 1 aromatic carbocycles. The molecule has 0 aliphatic carbocycles. The van der Waals surface area contributed by atoms with Gasteiger partial charge in [-0.1, -0.05) is 0 Å². The number of hydrogen-bond acceptors (Lipinski definition) is 3. The van der Waals surface area contributed by atoms with Gasteiger partial charge in [-0.25, -0.2) is 0 Å². The average Bonchev–Trinajstić information content (AvgIpc) is 2.92. The zero-order chi connectivity index (χ0) is 13.0. The Hall–Kier alpha value is -2.43. The van der Waals surface area contributed by atoms with Gasteiger partial charge in [-0.3, -0.25) is 4.79 Å². The van der Waals surface area contributed by atoms with Gasteiger partial charge in [-0.15, -0.1) is 0 Å². The summed E-state index contributed by atoms with van der Waals surface area (Å²) in [6, 6.07) is 6.91. The fraction of sp³-hybridized carbons (Fsp3) is 0.154. The number of aromatic amines is 1. The summed E-state index contributed by atoms with van der Waals surface area (Å²) in [6.45, 7) is 0. The minimum absolute atomic E-state index is 0.177. The zero-order valence-electron chi connectivity index (χ0n) is 10.2. The number of ether oxygens (including phenoxy) is 2. The van der Waals surface area contributed by atoms with Crippen molar-refractivity contribution in [2.45, 2.75) is 0 Å². The van der Waals surface area contributed by atoms with E-state index in [-0.39, 0.29) is 5.91 Å². The van der Waals surface area contributed by atoms with Gasteiger partial charge in [-0.05, 0) is 18.2 Å². The minimum Gasteiger partial charge on any atom is -0.493 e. The van der Waals surface area contributed by atoms with Crippen LogP contribution in [0.3, 0.4) is 0 Å². The molecular formula is C13H14N2O3. The highest BCUT2D eigenvalue weighted by atomic mass is 16.5. The maximum absolute atomic E-state index is 11.8. The summed E-state index contributed by atoms with van der Waals surface area (Å²) in [5, 5.41) is 2.78.